The van der Waals surface area contributed by atoms with E-state index in [1.807, 2.05) is 25.1 Å². The highest BCUT2D eigenvalue weighted by atomic mass is 32.2. The molecule has 1 aliphatic carbocycles. The average molecular weight is 283 g/mol. The summed E-state index contributed by atoms with van der Waals surface area (Å²) in [5.74, 6) is 0.111. The standard InChI is InChI=1S/C14H21NO3S/c1-2-9-19(17,18)15-11-14(16)8-7-12-5-3-4-6-13(12)10-14/h3-6,15-16H,2,7-11H2,1H3. The third kappa shape index (κ3) is 3.78. The molecule has 0 saturated heterocycles. The van der Waals surface area contributed by atoms with Crippen LogP contribution in [0.1, 0.15) is 30.9 Å². The van der Waals surface area contributed by atoms with Gasteiger partial charge >= 0.3 is 0 Å². The van der Waals surface area contributed by atoms with E-state index in [9.17, 15) is 13.5 Å². The molecule has 5 heteroatoms. The normalized spacial score (nSPS) is 23.1. The predicted octanol–water partition coefficient (Wildman–Crippen LogP) is 1.24. The van der Waals surface area contributed by atoms with Crippen LogP contribution in [0, 0.1) is 0 Å². The lowest BCUT2D eigenvalue weighted by Gasteiger charge is -2.33. The summed E-state index contributed by atoms with van der Waals surface area (Å²) in [4.78, 5) is 0. The molecule has 0 bridgehead atoms. The zero-order valence-corrected chi connectivity index (χ0v) is 12.0. The molecule has 2 N–H and O–H groups in total. The fourth-order valence-corrected chi connectivity index (χ4v) is 3.69. The van der Waals surface area contributed by atoms with E-state index in [4.69, 9.17) is 0 Å². The first-order valence-electron chi connectivity index (χ1n) is 6.71. The van der Waals surface area contributed by atoms with Crippen molar-refractivity contribution in [3.8, 4) is 0 Å². The number of benzene rings is 1. The van der Waals surface area contributed by atoms with Crippen molar-refractivity contribution in [2.45, 2.75) is 38.2 Å². The molecule has 0 heterocycles. The maximum absolute atomic E-state index is 11.6. The first-order valence-corrected chi connectivity index (χ1v) is 8.36. The summed E-state index contributed by atoms with van der Waals surface area (Å²) < 4.78 is 25.8. The molecule has 1 atom stereocenters. The fourth-order valence-electron chi connectivity index (χ4n) is 2.52. The number of rotatable bonds is 5. The van der Waals surface area contributed by atoms with Crippen molar-refractivity contribution in [3.05, 3.63) is 35.4 Å². The molecule has 0 saturated carbocycles. The quantitative estimate of drug-likeness (QED) is 0.854. The van der Waals surface area contributed by atoms with Crippen LogP contribution in [0.15, 0.2) is 24.3 Å². The molecule has 0 fully saturated rings. The third-order valence-electron chi connectivity index (χ3n) is 3.59. The first kappa shape index (κ1) is 14.5. The summed E-state index contributed by atoms with van der Waals surface area (Å²) in [5, 5.41) is 10.5. The molecule has 106 valence electrons. The lowest BCUT2D eigenvalue weighted by molar-refractivity contribution is 0.0317. The van der Waals surface area contributed by atoms with Gasteiger partial charge in [-0.05, 0) is 30.4 Å². The molecule has 1 aromatic carbocycles. The minimum absolute atomic E-state index is 0.101. The van der Waals surface area contributed by atoms with Gasteiger partial charge in [0.15, 0.2) is 0 Å². The maximum atomic E-state index is 11.6. The van der Waals surface area contributed by atoms with Gasteiger partial charge in [-0.1, -0.05) is 31.2 Å². The predicted molar refractivity (Wildman–Crippen MR) is 75.5 cm³/mol. The van der Waals surface area contributed by atoms with Crippen LogP contribution in [0.4, 0.5) is 0 Å². The molecule has 1 unspecified atom stereocenters. The van der Waals surface area contributed by atoms with Crippen LogP contribution in [-0.2, 0) is 22.9 Å². The van der Waals surface area contributed by atoms with Gasteiger partial charge in [-0.3, -0.25) is 0 Å². The number of aliphatic hydroxyl groups is 1. The smallest absolute Gasteiger partial charge is 0.211 e. The van der Waals surface area contributed by atoms with Gasteiger partial charge in [0, 0.05) is 13.0 Å². The van der Waals surface area contributed by atoms with Gasteiger partial charge in [-0.2, -0.15) is 0 Å². The number of aryl methyl sites for hydroxylation is 1. The van der Waals surface area contributed by atoms with Crippen LogP contribution in [0.5, 0.6) is 0 Å². The topological polar surface area (TPSA) is 66.4 Å². The number of nitrogens with one attached hydrogen (secondary N) is 1. The third-order valence-corrected chi connectivity index (χ3v) is 5.12. The molecule has 2 rings (SSSR count). The van der Waals surface area contributed by atoms with Crippen molar-refractivity contribution in [1.82, 2.24) is 4.72 Å². The molecule has 0 aliphatic heterocycles. The van der Waals surface area contributed by atoms with Crippen molar-refractivity contribution in [2.75, 3.05) is 12.3 Å². The Labute approximate surface area is 114 Å². The lowest BCUT2D eigenvalue weighted by Crippen LogP contribution is -2.47. The van der Waals surface area contributed by atoms with Crippen LogP contribution < -0.4 is 4.72 Å². The number of hydrogen-bond donors (Lipinski definition) is 2. The highest BCUT2D eigenvalue weighted by Crippen LogP contribution is 2.28. The molecular formula is C14H21NO3S. The van der Waals surface area contributed by atoms with E-state index in [2.05, 4.69) is 10.8 Å². The average Bonchev–Trinajstić information content (AvgIpc) is 2.37. The Morgan fingerprint density at radius 3 is 2.68 bits per heavy atom. The van der Waals surface area contributed by atoms with Gasteiger partial charge in [0.1, 0.15) is 0 Å². The number of hydrogen-bond acceptors (Lipinski definition) is 3. The highest BCUT2D eigenvalue weighted by Gasteiger charge is 2.32. The minimum atomic E-state index is -3.26. The SMILES string of the molecule is CCCS(=O)(=O)NCC1(O)CCc2ccccc2C1. The molecule has 0 aromatic heterocycles. The second kappa shape index (κ2) is 5.61. The molecule has 19 heavy (non-hydrogen) atoms. The van der Waals surface area contributed by atoms with E-state index in [-0.39, 0.29) is 12.3 Å². The van der Waals surface area contributed by atoms with Crippen LogP contribution in [0.25, 0.3) is 0 Å². The van der Waals surface area contributed by atoms with E-state index in [0.29, 0.717) is 19.3 Å². The Kier molecular flexibility index (Phi) is 4.28. The monoisotopic (exact) mass is 283 g/mol. The Balaban J connectivity index is 2.02. The minimum Gasteiger partial charge on any atom is -0.388 e. The van der Waals surface area contributed by atoms with Gasteiger partial charge in [0.25, 0.3) is 0 Å². The second-order valence-electron chi connectivity index (χ2n) is 5.31. The number of sulfonamides is 1. The summed E-state index contributed by atoms with van der Waals surface area (Å²) in [7, 11) is -3.26. The summed E-state index contributed by atoms with van der Waals surface area (Å²) in [6.07, 6.45) is 2.48. The second-order valence-corrected chi connectivity index (χ2v) is 7.24. The number of fused-ring (bicyclic) bond motifs is 1. The summed E-state index contributed by atoms with van der Waals surface area (Å²) in [6.45, 7) is 1.93. The summed E-state index contributed by atoms with van der Waals surface area (Å²) >= 11 is 0. The van der Waals surface area contributed by atoms with Crippen LogP contribution in [0.2, 0.25) is 0 Å². The van der Waals surface area contributed by atoms with Gasteiger partial charge in [0.2, 0.25) is 10.0 Å². The van der Waals surface area contributed by atoms with Crippen LogP contribution >= 0.6 is 0 Å². The van der Waals surface area contributed by atoms with E-state index >= 15 is 0 Å². The van der Waals surface area contributed by atoms with Crippen LogP contribution in [0.3, 0.4) is 0 Å². The largest absolute Gasteiger partial charge is 0.388 e. The fraction of sp³-hybridized carbons (Fsp3) is 0.571. The summed E-state index contributed by atoms with van der Waals surface area (Å²) in [5.41, 5.74) is 1.41. The molecule has 0 radical (unpaired) electrons. The molecular weight excluding hydrogens is 262 g/mol. The zero-order valence-electron chi connectivity index (χ0n) is 11.2. The van der Waals surface area contributed by atoms with E-state index in [0.717, 1.165) is 12.0 Å². The van der Waals surface area contributed by atoms with Crippen molar-refractivity contribution < 1.29 is 13.5 Å². The Hall–Kier alpha value is -0.910. The van der Waals surface area contributed by atoms with Crippen molar-refractivity contribution >= 4 is 10.0 Å². The molecule has 0 amide bonds. The van der Waals surface area contributed by atoms with Crippen molar-refractivity contribution in [2.24, 2.45) is 0 Å². The van der Waals surface area contributed by atoms with Gasteiger partial charge in [-0.15, -0.1) is 0 Å². The van der Waals surface area contributed by atoms with Gasteiger partial charge < -0.3 is 5.11 Å². The first-order chi connectivity index (χ1) is 8.94. The Morgan fingerprint density at radius 2 is 2.00 bits per heavy atom. The molecule has 0 spiro atoms. The lowest BCUT2D eigenvalue weighted by atomic mass is 9.80. The zero-order chi connectivity index (χ0) is 13.9. The Morgan fingerprint density at radius 1 is 1.32 bits per heavy atom. The van der Waals surface area contributed by atoms with Crippen molar-refractivity contribution in [3.63, 3.8) is 0 Å². The molecule has 4 nitrogen and oxygen atoms in total. The van der Waals surface area contributed by atoms with Gasteiger partial charge in [0.05, 0.1) is 11.4 Å². The van der Waals surface area contributed by atoms with E-state index in [1.54, 1.807) is 0 Å². The molecule has 1 aromatic rings. The van der Waals surface area contributed by atoms with Gasteiger partial charge in [-0.25, -0.2) is 13.1 Å². The van der Waals surface area contributed by atoms with Crippen LogP contribution in [-0.4, -0.2) is 31.4 Å². The van der Waals surface area contributed by atoms with Crippen molar-refractivity contribution in [1.29, 1.82) is 0 Å². The summed E-state index contributed by atoms with van der Waals surface area (Å²) in [6, 6.07) is 8.01. The van der Waals surface area contributed by atoms with E-state index in [1.165, 1.54) is 5.56 Å². The Bertz CT molecular complexity index is 541. The molecule has 1 aliphatic rings. The maximum Gasteiger partial charge on any atom is 0.211 e. The van der Waals surface area contributed by atoms with E-state index < -0.39 is 15.6 Å². The highest BCUT2D eigenvalue weighted by molar-refractivity contribution is 7.89.